The number of aliphatic hydroxyl groups is 1. The van der Waals surface area contributed by atoms with Gasteiger partial charge in [0.05, 0.1) is 16.7 Å². The second-order valence-corrected chi connectivity index (χ2v) is 9.53. The molecule has 1 fully saturated rings. The second-order valence-electron chi connectivity index (χ2n) is 7.25. The fraction of sp³-hybridized carbons (Fsp3) is 0.409. The van der Waals surface area contributed by atoms with E-state index in [1.165, 1.54) is 12.8 Å². The van der Waals surface area contributed by atoms with Crippen LogP contribution in [-0.2, 0) is 9.84 Å². The summed E-state index contributed by atoms with van der Waals surface area (Å²) in [5.74, 6) is -0.182. The fourth-order valence-corrected chi connectivity index (χ4v) is 4.45. The lowest BCUT2D eigenvalue weighted by Crippen LogP contribution is -2.29. The molecule has 0 spiro atoms. The first-order valence-corrected chi connectivity index (χ1v) is 11.7. The number of carbonyl (C=O) groups excluding carboxylic acids is 1. The molecule has 0 aliphatic carbocycles. The summed E-state index contributed by atoms with van der Waals surface area (Å²) in [6, 6.07) is 13.7. The van der Waals surface area contributed by atoms with E-state index in [9.17, 15) is 18.3 Å². The predicted molar refractivity (Wildman–Crippen MR) is 114 cm³/mol. The van der Waals surface area contributed by atoms with Gasteiger partial charge in [-0.2, -0.15) is 0 Å². The van der Waals surface area contributed by atoms with Crippen molar-refractivity contribution in [2.45, 2.75) is 37.1 Å². The number of carbonyl (C=O) groups is 1. The summed E-state index contributed by atoms with van der Waals surface area (Å²) in [7, 11) is -3.27. The van der Waals surface area contributed by atoms with E-state index in [0.29, 0.717) is 12.0 Å². The lowest BCUT2D eigenvalue weighted by atomic mass is 10.0. The number of nitrogens with one attached hydrogen (secondary N) is 1. The Morgan fingerprint density at radius 3 is 2.24 bits per heavy atom. The van der Waals surface area contributed by atoms with E-state index in [1.807, 2.05) is 24.3 Å². The number of hydrogen-bond acceptors (Lipinski definition) is 5. The summed E-state index contributed by atoms with van der Waals surface area (Å²) in [6.45, 7) is 3.61. The molecule has 1 heterocycles. The van der Waals surface area contributed by atoms with Crippen LogP contribution in [0.1, 0.15) is 48.1 Å². The quantitative estimate of drug-likeness (QED) is 0.691. The van der Waals surface area contributed by atoms with Crippen LogP contribution in [0.15, 0.2) is 53.4 Å². The molecular weight excluding hydrogens is 388 g/mol. The highest BCUT2D eigenvalue weighted by atomic mass is 32.2. The molecule has 3 rings (SSSR count). The molecule has 2 N–H and O–H groups in total. The summed E-state index contributed by atoms with van der Waals surface area (Å²) in [5.41, 5.74) is 2.44. The molecule has 1 saturated heterocycles. The first-order valence-electron chi connectivity index (χ1n) is 10.0. The molecule has 6 nitrogen and oxygen atoms in total. The van der Waals surface area contributed by atoms with Crippen LogP contribution < -0.4 is 10.2 Å². The van der Waals surface area contributed by atoms with Gasteiger partial charge in [-0.05, 0) is 61.2 Å². The number of hydrogen-bond donors (Lipinski definition) is 2. The van der Waals surface area contributed by atoms with E-state index in [-0.39, 0.29) is 23.2 Å². The molecule has 0 aromatic heterocycles. The van der Waals surface area contributed by atoms with Crippen LogP contribution >= 0.6 is 0 Å². The zero-order valence-electron chi connectivity index (χ0n) is 16.7. The van der Waals surface area contributed by atoms with Gasteiger partial charge in [-0.1, -0.05) is 19.1 Å². The largest absolute Gasteiger partial charge is 0.396 e. The number of benzene rings is 2. The molecule has 0 radical (unpaired) electrons. The highest BCUT2D eigenvalue weighted by Crippen LogP contribution is 2.23. The minimum Gasteiger partial charge on any atom is -0.396 e. The first-order chi connectivity index (χ1) is 13.9. The van der Waals surface area contributed by atoms with Gasteiger partial charge in [0, 0.05) is 30.9 Å². The van der Waals surface area contributed by atoms with Crippen LogP contribution in [0.2, 0.25) is 0 Å². The highest BCUT2D eigenvalue weighted by Gasteiger charge is 2.18. The Hall–Kier alpha value is -2.38. The van der Waals surface area contributed by atoms with Crippen molar-refractivity contribution in [1.29, 1.82) is 0 Å². The predicted octanol–water partition coefficient (Wildman–Crippen LogP) is 2.93. The lowest BCUT2D eigenvalue weighted by molar-refractivity contribution is 0.0930. The Bertz CT molecular complexity index is 918. The number of sulfone groups is 1. The Morgan fingerprint density at radius 1 is 1.07 bits per heavy atom. The maximum absolute atomic E-state index is 12.7. The smallest absolute Gasteiger partial charge is 0.251 e. The van der Waals surface area contributed by atoms with Gasteiger partial charge in [-0.3, -0.25) is 4.79 Å². The van der Waals surface area contributed by atoms with Gasteiger partial charge in [-0.25, -0.2) is 8.42 Å². The minimum absolute atomic E-state index is 0.0383. The van der Waals surface area contributed by atoms with Gasteiger partial charge in [0.15, 0.2) is 9.84 Å². The van der Waals surface area contributed by atoms with E-state index in [0.717, 1.165) is 24.3 Å². The normalized spacial score (nSPS) is 15.3. The molecule has 1 aliphatic rings. The van der Waals surface area contributed by atoms with E-state index in [1.54, 1.807) is 31.2 Å². The SMILES string of the molecule is CCS(=O)(=O)c1ccc([C@H](CCO)NC(=O)c2ccc(N3CCCC3)cc2)cc1. The third-order valence-corrected chi connectivity index (χ3v) is 7.10. The van der Waals surface area contributed by atoms with Gasteiger partial charge >= 0.3 is 0 Å². The number of nitrogens with zero attached hydrogens (tertiary/aromatic N) is 1. The van der Waals surface area contributed by atoms with E-state index < -0.39 is 15.9 Å². The lowest BCUT2D eigenvalue weighted by Gasteiger charge is -2.20. The van der Waals surface area contributed by atoms with Crippen molar-refractivity contribution in [3.05, 3.63) is 59.7 Å². The molecule has 156 valence electrons. The van der Waals surface area contributed by atoms with Crippen LogP contribution in [-0.4, -0.2) is 44.9 Å². The molecule has 2 aromatic carbocycles. The van der Waals surface area contributed by atoms with Crippen molar-refractivity contribution in [1.82, 2.24) is 5.32 Å². The average Bonchev–Trinajstić information content (AvgIpc) is 3.28. The Kier molecular flexibility index (Phi) is 6.92. The Morgan fingerprint density at radius 2 is 1.69 bits per heavy atom. The van der Waals surface area contributed by atoms with Crippen LogP contribution in [0.5, 0.6) is 0 Å². The summed E-state index contributed by atoms with van der Waals surface area (Å²) in [6.07, 6.45) is 2.74. The van der Waals surface area contributed by atoms with Gasteiger partial charge in [0.1, 0.15) is 0 Å². The monoisotopic (exact) mass is 416 g/mol. The maximum Gasteiger partial charge on any atom is 0.251 e. The molecule has 1 amide bonds. The number of anilines is 1. The molecule has 7 heteroatoms. The molecule has 0 unspecified atom stereocenters. The first kappa shape index (κ1) is 21.3. The summed E-state index contributed by atoms with van der Waals surface area (Å²) < 4.78 is 24.0. The van der Waals surface area contributed by atoms with Crippen LogP contribution in [0.25, 0.3) is 0 Å². The van der Waals surface area contributed by atoms with Crippen LogP contribution in [0, 0.1) is 0 Å². The summed E-state index contributed by atoms with van der Waals surface area (Å²) in [5, 5.41) is 12.4. The third-order valence-electron chi connectivity index (χ3n) is 5.35. The van der Waals surface area contributed by atoms with Crippen molar-refractivity contribution in [3.63, 3.8) is 0 Å². The standard InChI is InChI=1S/C22H28N2O4S/c1-2-29(27,28)20-11-7-17(8-12-20)21(13-16-25)23-22(26)18-5-9-19(10-6-18)24-14-3-4-15-24/h5-12,21,25H,2-4,13-16H2,1H3,(H,23,26)/t21-/m0/s1. The topological polar surface area (TPSA) is 86.7 Å². The van der Waals surface area contributed by atoms with Gasteiger partial charge in [0.2, 0.25) is 0 Å². The van der Waals surface area contributed by atoms with Crippen LogP contribution in [0.4, 0.5) is 5.69 Å². The molecule has 0 bridgehead atoms. The van der Waals surface area contributed by atoms with Crippen molar-refractivity contribution in [2.24, 2.45) is 0 Å². The van der Waals surface area contributed by atoms with Crippen molar-refractivity contribution >= 4 is 21.4 Å². The van der Waals surface area contributed by atoms with E-state index in [4.69, 9.17) is 0 Å². The minimum atomic E-state index is -3.27. The zero-order valence-corrected chi connectivity index (χ0v) is 17.5. The number of amides is 1. The van der Waals surface area contributed by atoms with Crippen molar-refractivity contribution < 1.29 is 18.3 Å². The second kappa shape index (κ2) is 9.41. The van der Waals surface area contributed by atoms with E-state index in [2.05, 4.69) is 10.2 Å². The molecule has 1 aliphatic heterocycles. The van der Waals surface area contributed by atoms with E-state index >= 15 is 0 Å². The van der Waals surface area contributed by atoms with Crippen molar-refractivity contribution in [3.8, 4) is 0 Å². The average molecular weight is 417 g/mol. The zero-order chi connectivity index (χ0) is 20.9. The van der Waals surface area contributed by atoms with Gasteiger partial charge in [0.25, 0.3) is 5.91 Å². The Labute approximate surface area is 172 Å². The molecule has 1 atom stereocenters. The maximum atomic E-state index is 12.7. The van der Waals surface area contributed by atoms with Gasteiger partial charge < -0.3 is 15.3 Å². The molecule has 29 heavy (non-hydrogen) atoms. The summed E-state index contributed by atoms with van der Waals surface area (Å²) in [4.78, 5) is 15.3. The molecule has 0 saturated carbocycles. The number of aliphatic hydroxyl groups excluding tert-OH is 1. The third kappa shape index (κ3) is 5.16. The number of rotatable bonds is 8. The molecular formula is C22H28N2O4S. The Balaban J connectivity index is 1.71. The molecule has 2 aromatic rings. The van der Waals surface area contributed by atoms with Crippen molar-refractivity contribution in [2.75, 3.05) is 30.3 Å². The van der Waals surface area contributed by atoms with Gasteiger partial charge in [-0.15, -0.1) is 0 Å². The van der Waals surface area contributed by atoms with Crippen LogP contribution in [0.3, 0.4) is 0 Å². The highest BCUT2D eigenvalue weighted by molar-refractivity contribution is 7.91. The summed E-state index contributed by atoms with van der Waals surface area (Å²) >= 11 is 0. The fourth-order valence-electron chi connectivity index (χ4n) is 3.57.